The fraction of sp³-hybridized carbons (Fsp3) is 0.400. The summed E-state index contributed by atoms with van der Waals surface area (Å²) in [5, 5.41) is 0.143. The van der Waals surface area contributed by atoms with Crippen molar-refractivity contribution >= 4 is 33.1 Å². The van der Waals surface area contributed by atoms with Crippen molar-refractivity contribution in [2.45, 2.75) is 49.8 Å². The molecule has 1 fully saturated rings. The van der Waals surface area contributed by atoms with Crippen LogP contribution >= 0.6 is 11.6 Å². The summed E-state index contributed by atoms with van der Waals surface area (Å²) in [6.07, 6.45) is 5.34. The number of allylic oxidation sites excluding steroid dienone is 2. The first-order chi connectivity index (χ1) is 15.1. The van der Waals surface area contributed by atoms with E-state index < -0.39 is 10.0 Å². The molecule has 32 heavy (non-hydrogen) atoms. The number of hydrogen-bond acceptors (Lipinski definition) is 4. The van der Waals surface area contributed by atoms with Crippen molar-refractivity contribution in [1.29, 1.82) is 0 Å². The number of fused-ring (bicyclic) bond motifs is 1. The van der Waals surface area contributed by atoms with Crippen LogP contribution in [0.1, 0.15) is 55.5 Å². The van der Waals surface area contributed by atoms with Crippen LogP contribution in [0.5, 0.6) is 0 Å². The van der Waals surface area contributed by atoms with Gasteiger partial charge < -0.3 is 4.90 Å². The molecule has 0 radical (unpaired) electrons. The van der Waals surface area contributed by atoms with Crippen molar-refractivity contribution in [3.8, 4) is 0 Å². The zero-order valence-electron chi connectivity index (χ0n) is 18.8. The predicted octanol–water partition coefficient (Wildman–Crippen LogP) is 5.40. The summed E-state index contributed by atoms with van der Waals surface area (Å²) in [6.45, 7) is 5.15. The van der Waals surface area contributed by atoms with Gasteiger partial charge in [0.25, 0.3) is 0 Å². The van der Waals surface area contributed by atoms with Gasteiger partial charge in [0.2, 0.25) is 10.0 Å². The molecule has 1 saturated heterocycles. The van der Waals surface area contributed by atoms with Crippen LogP contribution in [0.15, 0.2) is 59.1 Å². The molecule has 4 rings (SSSR count). The molecule has 2 aliphatic rings. The van der Waals surface area contributed by atoms with Crippen LogP contribution in [0.2, 0.25) is 5.02 Å². The van der Waals surface area contributed by atoms with E-state index in [0.29, 0.717) is 18.7 Å². The Morgan fingerprint density at radius 2 is 1.69 bits per heavy atom. The van der Waals surface area contributed by atoms with Crippen molar-refractivity contribution in [2.75, 3.05) is 25.0 Å². The van der Waals surface area contributed by atoms with Gasteiger partial charge in [0.15, 0.2) is 5.78 Å². The first-order valence-corrected chi connectivity index (χ1v) is 12.9. The molecule has 0 unspecified atom stereocenters. The summed E-state index contributed by atoms with van der Waals surface area (Å²) in [7, 11) is -1.81. The van der Waals surface area contributed by atoms with Crippen LogP contribution in [0.25, 0.3) is 0 Å². The van der Waals surface area contributed by atoms with E-state index in [1.807, 2.05) is 30.1 Å². The second-order valence-electron chi connectivity index (χ2n) is 9.06. The molecule has 0 amide bonds. The van der Waals surface area contributed by atoms with Crippen LogP contribution in [0, 0.1) is 0 Å². The molecule has 0 atom stereocenters. The van der Waals surface area contributed by atoms with E-state index in [1.54, 1.807) is 12.1 Å². The molecule has 2 aromatic rings. The van der Waals surface area contributed by atoms with E-state index in [-0.39, 0.29) is 21.1 Å². The number of hydrogen-bond donors (Lipinski definition) is 0. The monoisotopic (exact) mass is 472 g/mol. The van der Waals surface area contributed by atoms with Gasteiger partial charge in [0.05, 0.1) is 5.02 Å². The maximum atomic E-state index is 13.3. The Kier molecular flexibility index (Phi) is 6.23. The van der Waals surface area contributed by atoms with Crippen LogP contribution < -0.4 is 4.90 Å². The van der Waals surface area contributed by atoms with Crippen molar-refractivity contribution < 1.29 is 13.2 Å². The molecule has 7 heteroatoms. The Morgan fingerprint density at radius 1 is 1.03 bits per heavy atom. The summed E-state index contributed by atoms with van der Waals surface area (Å²) >= 11 is 6.30. The predicted molar refractivity (Wildman–Crippen MR) is 129 cm³/mol. The van der Waals surface area contributed by atoms with E-state index in [2.05, 4.69) is 19.9 Å². The lowest BCUT2D eigenvalue weighted by molar-refractivity contribution is 0.104. The number of rotatable bonds is 4. The lowest BCUT2D eigenvalue weighted by atomic mass is 9.83. The zero-order chi connectivity index (χ0) is 23.1. The number of carbonyl (C=O) groups excluding carboxylic acids is 1. The average molecular weight is 473 g/mol. The summed E-state index contributed by atoms with van der Waals surface area (Å²) in [5.41, 5.74) is 3.07. The number of ketones is 1. The van der Waals surface area contributed by atoms with Gasteiger partial charge in [-0.2, -0.15) is 4.31 Å². The number of anilines is 1. The number of nitrogens with zero attached hydrogens (tertiary/aromatic N) is 2. The summed E-state index contributed by atoms with van der Waals surface area (Å²) < 4.78 is 28.1. The minimum absolute atomic E-state index is 0.00707. The second kappa shape index (κ2) is 8.65. The SMILES string of the molecule is CN1/C(=C\C(=O)c2ccc(Cl)c(S(=O)(=O)N3CCCCCC3)c2)C(C)(C)c2ccccc21. The Balaban J connectivity index is 1.69. The molecule has 0 N–H and O–H groups in total. The van der Waals surface area contributed by atoms with Crippen LogP contribution in [-0.4, -0.2) is 38.6 Å². The lowest BCUT2D eigenvalue weighted by Crippen LogP contribution is -2.32. The minimum atomic E-state index is -3.76. The second-order valence-corrected chi connectivity index (χ2v) is 11.4. The molecule has 0 spiro atoms. The van der Waals surface area contributed by atoms with Gasteiger partial charge in [-0.05, 0) is 42.7 Å². The standard InChI is InChI=1S/C25H29ClN2O3S/c1-25(2)19-10-6-7-11-21(19)27(3)24(25)17-22(29)18-12-13-20(26)23(16-18)32(30,31)28-14-8-4-5-9-15-28/h6-7,10-13,16-17H,4-5,8-9,14-15H2,1-3H3/b24-17-. The minimum Gasteiger partial charge on any atom is -0.347 e. The lowest BCUT2D eigenvalue weighted by Gasteiger charge is -2.24. The van der Waals surface area contributed by atoms with E-state index in [0.717, 1.165) is 42.6 Å². The Morgan fingerprint density at radius 3 is 2.34 bits per heavy atom. The number of carbonyl (C=O) groups is 1. The molecule has 5 nitrogen and oxygen atoms in total. The molecule has 0 aromatic heterocycles. The molecule has 0 saturated carbocycles. The third-order valence-electron chi connectivity index (χ3n) is 6.61. The van der Waals surface area contributed by atoms with Crippen molar-refractivity contribution in [3.63, 3.8) is 0 Å². The molecule has 0 aliphatic carbocycles. The summed E-state index contributed by atoms with van der Waals surface area (Å²) in [5.74, 6) is -0.239. The first kappa shape index (κ1) is 23.0. The van der Waals surface area contributed by atoms with Gasteiger partial charge in [0, 0.05) is 48.6 Å². The van der Waals surface area contributed by atoms with Gasteiger partial charge in [-0.1, -0.05) is 56.5 Å². The highest BCUT2D eigenvalue weighted by Crippen LogP contribution is 2.46. The molecule has 2 aliphatic heterocycles. The highest BCUT2D eigenvalue weighted by atomic mass is 35.5. The third-order valence-corrected chi connectivity index (χ3v) is 8.99. The first-order valence-electron chi connectivity index (χ1n) is 11.0. The summed E-state index contributed by atoms with van der Waals surface area (Å²) in [4.78, 5) is 15.3. The molecule has 2 heterocycles. The number of benzene rings is 2. The van der Waals surface area contributed by atoms with E-state index in [4.69, 9.17) is 11.6 Å². The quantitative estimate of drug-likeness (QED) is 0.441. The molecule has 170 valence electrons. The van der Waals surface area contributed by atoms with Crippen LogP contribution in [0.4, 0.5) is 5.69 Å². The topological polar surface area (TPSA) is 57.7 Å². The van der Waals surface area contributed by atoms with Gasteiger partial charge in [0.1, 0.15) is 4.90 Å². The normalized spacial score (nSPS) is 20.2. The maximum Gasteiger partial charge on any atom is 0.244 e. The highest BCUT2D eigenvalue weighted by Gasteiger charge is 2.38. The number of likely N-dealkylation sites (N-methyl/N-ethyl adjacent to an activating group) is 1. The smallest absolute Gasteiger partial charge is 0.244 e. The largest absolute Gasteiger partial charge is 0.347 e. The fourth-order valence-corrected chi connectivity index (χ4v) is 6.76. The van der Waals surface area contributed by atoms with E-state index >= 15 is 0 Å². The van der Waals surface area contributed by atoms with Crippen LogP contribution in [-0.2, 0) is 15.4 Å². The molecule has 2 aromatic carbocycles. The van der Waals surface area contributed by atoms with E-state index in [1.165, 1.54) is 16.4 Å². The van der Waals surface area contributed by atoms with E-state index in [9.17, 15) is 13.2 Å². The third kappa shape index (κ3) is 4.00. The summed E-state index contributed by atoms with van der Waals surface area (Å²) in [6, 6.07) is 12.6. The number of para-hydroxylation sites is 1. The van der Waals surface area contributed by atoms with Gasteiger partial charge in [-0.25, -0.2) is 8.42 Å². The van der Waals surface area contributed by atoms with Crippen molar-refractivity contribution in [2.24, 2.45) is 0 Å². The van der Waals surface area contributed by atoms with Crippen molar-refractivity contribution in [3.05, 3.63) is 70.4 Å². The van der Waals surface area contributed by atoms with Gasteiger partial charge in [-0.15, -0.1) is 0 Å². The van der Waals surface area contributed by atoms with Gasteiger partial charge in [-0.3, -0.25) is 4.79 Å². The zero-order valence-corrected chi connectivity index (χ0v) is 20.3. The number of sulfonamides is 1. The Labute approximate surface area is 195 Å². The Hall–Kier alpha value is -2.15. The molecular formula is C25H29ClN2O3S. The van der Waals surface area contributed by atoms with Crippen LogP contribution in [0.3, 0.4) is 0 Å². The fourth-order valence-electron chi connectivity index (χ4n) is 4.74. The Bertz CT molecular complexity index is 1180. The molecule has 0 bridgehead atoms. The number of halogens is 1. The maximum absolute atomic E-state index is 13.3. The van der Waals surface area contributed by atoms with Gasteiger partial charge >= 0.3 is 0 Å². The van der Waals surface area contributed by atoms with Crippen molar-refractivity contribution in [1.82, 2.24) is 4.31 Å². The average Bonchev–Trinajstić information content (AvgIpc) is 2.98. The molecular weight excluding hydrogens is 444 g/mol. The highest BCUT2D eigenvalue weighted by molar-refractivity contribution is 7.89.